The molecule has 0 aromatic heterocycles. The maximum absolute atomic E-state index is 12.5. The van der Waals surface area contributed by atoms with E-state index in [1.54, 1.807) is 4.90 Å². The third kappa shape index (κ3) is 6.17. The van der Waals surface area contributed by atoms with Crippen LogP contribution in [0.15, 0.2) is 0 Å². The lowest BCUT2D eigenvalue weighted by Gasteiger charge is -2.38. The van der Waals surface area contributed by atoms with Crippen molar-refractivity contribution < 1.29 is 13.2 Å². The lowest BCUT2D eigenvalue weighted by atomic mass is 9.88. The number of amides is 1. The molecule has 2 fully saturated rings. The van der Waals surface area contributed by atoms with Crippen molar-refractivity contribution in [2.75, 3.05) is 12.3 Å². The van der Waals surface area contributed by atoms with Crippen molar-refractivity contribution in [3.05, 3.63) is 0 Å². The van der Waals surface area contributed by atoms with Gasteiger partial charge in [-0.15, -0.1) is 12.4 Å². The van der Waals surface area contributed by atoms with Crippen molar-refractivity contribution >= 4 is 28.3 Å². The maximum Gasteiger partial charge on any atom is 0.239 e. The Morgan fingerprint density at radius 2 is 1.83 bits per heavy atom. The van der Waals surface area contributed by atoms with Gasteiger partial charge in [0.25, 0.3) is 0 Å². The number of hydrogen-bond donors (Lipinski definition) is 2. The SMILES string of the molecule is CC1CCC(NS(=O)(=O)CC(=O)N2CCCCC2C(C)N)CC1.Cl. The van der Waals surface area contributed by atoms with Crippen molar-refractivity contribution in [1.82, 2.24) is 9.62 Å². The van der Waals surface area contributed by atoms with Gasteiger partial charge in [-0.25, -0.2) is 13.1 Å². The molecular weight excluding hydrogens is 350 g/mol. The number of halogens is 1. The molecule has 0 spiro atoms. The highest BCUT2D eigenvalue weighted by molar-refractivity contribution is 7.90. The summed E-state index contributed by atoms with van der Waals surface area (Å²) in [5.41, 5.74) is 5.96. The Morgan fingerprint density at radius 3 is 2.42 bits per heavy atom. The highest BCUT2D eigenvalue weighted by atomic mass is 35.5. The Balaban J connectivity index is 0.00000288. The van der Waals surface area contributed by atoms with Crippen LogP contribution < -0.4 is 10.5 Å². The normalized spacial score (nSPS) is 29.6. The summed E-state index contributed by atoms with van der Waals surface area (Å²) in [7, 11) is -3.58. The van der Waals surface area contributed by atoms with Crippen molar-refractivity contribution in [1.29, 1.82) is 0 Å². The first-order chi connectivity index (χ1) is 10.8. The van der Waals surface area contributed by atoms with Crippen LogP contribution >= 0.6 is 12.4 Å². The maximum atomic E-state index is 12.5. The molecule has 2 atom stereocenters. The zero-order chi connectivity index (χ0) is 17.0. The number of carbonyl (C=O) groups excluding carboxylic acids is 1. The molecule has 24 heavy (non-hydrogen) atoms. The molecule has 1 saturated carbocycles. The molecule has 3 N–H and O–H groups in total. The molecule has 1 saturated heterocycles. The molecule has 1 heterocycles. The summed E-state index contributed by atoms with van der Waals surface area (Å²) < 4.78 is 27.4. The van der Waals surface area contributed by atoms with Crippen molar-refractivity contribution in [2.45, 2.75) is 76.9 Å². The van der Waals surface area contributed by atoms with Gasteiger partial charge >= 0.3 is 0 Å². The van der Waals surface area contributed by atoms with E-state index >= 15 is 0 Å². The van der Waals surface area contributed by atoms with Gasteiger partial charge in [0, 0.05) is 24.7 Å². The molecule has 0 aromatic carbocycles. The predicted octanol–water partition coefficient (Wildman–Crippen LogP) is 1.63. The highest BCUT2D eigenvalue weighted by Crippen LogP contribution is 2.24. The number of carbonyl (C=O) groups is 1. The molecule has 2 aliphatic rings. The van der Waals surface area contributed by atoms with E-state index in [-0.39, 0.29) is 36.4 Å². The first-order valence-corrected chi connectivity index (χ1v) is 10.5. The Kier molecular flexibility index (Phi) is 8.45. The average Bonchev–Trinajstić information content (AvgIpc) is 2.49. The van der Waals surface area contributed by atoms with Crippen LogP contribution in [0, 0.1) is 5.92 Å². The van der Waals surface area contributed by atoms with Crippen molar-refractivity contribution in [3.8, 4) is 0 Å². The molecule has 6 nitrogen and oxygen atoms in total. The van der Waals surface area contributed by atoms with E-state index in [1.807, 2.05) is 6.92 Å². The van der Waals surface area contributed by atoms with Crippen LogP contribution in [0.1, 0.15) is 58.8 Å². The minimum absolute atomic E-state index is 0. The minimum atomic E-state index is -3.58. The third-order valence-electron chi connectivity index (χ3n) is 5.15. The molecule has 1 aliphatic carbocycles. The first kappa shape index (κ1) is 21.7. The molecule has 2 rings (SSSR count). The van der Waals surface area contributed by atoms with Gasteiger partial charge in [0.15, 0.2) is 0 Å². The number of hydrogen-bond acceptors (Lipinski definition) is 4. The van der Waals surface area contributed by atoms with Crippen LogP contribution in [0.2, 0.25) is 0 Å². The van der Waals surface area contributed by atoms with Gasteiger partial charge in [0.05, 0.1) is 0 Å². The Bertz CT molecular complexity index is 505. The summed E-state index contributed by atoms with van der Waals surface area (Å²) in [6.07, 6.45) is 6.63. The van der Waals surface area contributed by atoms with Crippen LogP contribution in [-0.4, -0.2) is 49.6 Å². The molecular formula is C16H32ClN3O3S. The molecule has 0 bridgehead atoms. The summed E-state index contributed by atoms with van der Waals surface area (Å²) in [6, 6.07) is -0.189. The fourth-order valence-electron chi connectivity index (χ4n) is 3.73. The summed E-state index contributed by atoms with van der Waals surface area (Å²) >= 11 is 0. The Hall–Kier alpha value is -0.370. The van der Waals surface area contributed by atoms with Crippen LogP contribution in [0.5, 0.6) is 0 Å². The van der Waals surface area contributed by atoms with Crippen molar-refractivity contribution in [2.24, 2.45) is 11.7 Å². The van der Waals surface area contributed by atoms with Crippen LogP contribution in [-0.2, 0) is 14.8 Å². The van der Waals surface area contributed by atoms with Gasteiger partial charge in [-0.1, -0.05) is 6.92 Å². The second-order valence-electron chi connectivity index (χ2n) is 7.34. The zero-order valence-corrected chi connectivity index (χ0v) is 16.4. The van der Waals surface area contributed by atoms with Gasteiger partial charge in [-0.2, -0.15) is 0 Å². The number of sulfonamides is 1. The van der Waals surface area contributed by atoms with Gasteiger partial charge in [0.2, 0.25) is 15.9 Å². The van der Waals surface area contributed by atoms with Gasteiger partial charge in [0.1, 0.15) is 5.75 Å². The number of likely N-dealkylation sites (tertiary alicyclic amines) is 1. The summed E-state index contributed by atoms with van der Waals surface area (Å²) in [4.78, 5) is 14.2. The number of nitrogens with two attached hydrogens (primary N) is 1. The van der Waals surface area contributed by atoms with E-state index in [0.29, 0.717) is 12.5 Å². The number of nitrogens with one attached hydrogen (secondary N) is 1. The molecule has 1 aliphatic heterocycles. The van der Waals surface area contributed by atoms with E-state index in [0.717, 1.165) is 44.9 Å². The first-order valence-electron chi connectivity index (χ1n) is 8.83. The lowest BCUT2D eigenvalue weighted by molar-refractivity contribution is -0.132. The van der Waals surface area contributed by atoms with E-state index in [9.17, 15) is 13.2 Å². The third-order valence-corrected chi connectivity index (χ3v) is 6.47. The number of nitrogens with zero attached hydrogens (tertiary/aromatic N) is 1. The monoisotopic (exact) mass is 381 g/mol. The van der Waals surface area contributed by atoms with Crippen LogP contribution in [0.3, 0.4) is 0 Å². The molecule has 1 amide bonds. The van der Waals surface area contributed by atoms with Crippen molar-refractivity contribution in [3.63, 3.8) is 0 Å². The minimum Gasteiger partial charge on any atom is -0.337 e. The second kappa shape index (κ2) is 9.36. The Morgan fingerprint density at radius 1 is 1.21 bits per heavy atom. The fraction of sp³-hybridized carbons (Fsp3) is 0.938. The molecule has 0 aromatic rings. The molecule has 2 unspecified atom stereocenters. The largest absolute Gasteiger partial charge is 0.337 e. The van der Waals surface area contributed by atoms with Gasteiger partial charge in [-0.05, 0) is 57.8 Å². The molecule has 0 radical (unpaired) electrons. The van der Waals surface area contributed by atoms with E-state index in [4.69, 9.17) is 5.73 Å². The van der Waals surface area contributed by atoms with Crippen LogP contribution in [0.25, 0.3) is 0 Å². The van der Waals surface area contributed by atoms with E-state index in [2.05, 4.69) is 11.6 Å². The number of piperidine rings is 1. The number of rotatable bonds is 5. The Labute approximate surface area is 152 Å². The topological polar surface area (TPSA) is 92.5 Å². The smallest absolute Gasteiger partial charge is 0.239 e. The lowest BCUT2D eigenvalue weighted by Crippen LogP contribution is -2.54. The quantitative estimate of drug-likeness (QED) is 0.757. The fourth-order valence-corrected chi connectivity index (χ4v) is 5.05. The van der Waals surface area contributed by atoms with Crippen LogP contribution in [0.4, 0.5) is 0 Å². The molecule has 142 valence electrons. The summed E-state index contributed by atoms with van der Waals surface area (Å²) in [5.74, 6) is -0.108. The van der Waals surface area contributed by atoms with Gasteiger partial charge < -0.3 is 10.6 Å². The van der Waals surface area contributed by atoms with E-state index in [1.165, 1.54) is 0 Å². The second-order valence-corrected chi connectivity index (χ2v) is 9.10. The van der Waals surface area contributed by atoms with E-state index < -0.39 is 15.8 Å². The summed E-state index contributed by atoms with van der Waals surface area (Å²) in [5, 5.41) is 0. The predicted molar refractivity (Wildman–Crippen MR) is 98.6 cm³/mol. The highest BCUT2D eigenvalue weighted by Gasteiger charge is 2.32. The standard InChI is InChI=1S/C16H31N3O3S.ClH/c1-12-6-8-14(9-7-12)18-23(21,22)11-16(20)19-10-4-3-5-15(19)13(2)17;/h12-15,18H,3-11,17H2,1-2H3;1H. The molecule has 8 heteroatoms. The van der Waals surface area contributed by atoms with Gasteiger partial charge in [-0.3, -0.25) is 4.79 Å². The zero-order valence-electron chi connectivity index (χ0n) is 14.7. The summed E-state index contributed by atoms with van der Waals surface area (Å²) in [6.45, 7) is 4.69. The average molecular weight is 382 g/mol.